The molecule has 1 saturated carbocycles. The molecule has 0 aromatic heterocycles. The first-order valence-electron chi connectivity index (χ1n) is 5.69. The zero-order valence-corrected chi connectivity index (χ0v) is 9.37. The summed E-state index contributed by atoms with van der Waals surface area (Å²) < 4.78 is 12.9. The maximum absolute atomic E-state index is 12.9. The van der Waals surface area contributed by atoms with Gasteiger partial charge in [-0.25, -0.2) is 4.39 Å². The summed E-state index contributed by atoms with van der Waals surface area (Å²) in [7, 11) is 0. The van der Waals surface area contributed by atoms with Crippen LogP contribution in [0.1, 0.15) is 18.9 Å². The molecule has 2 atom stereocenters. The smallest absolute Gasteiger partial charge is 0.223 e. The summed E-state index contributed by atoms with van der Waals surface area (Å²) in [6.07, 6.45) is 1.69. The molecular weight excluding hydrogens is 205 g/mol. The Morgan fingerprint density at radius 1 is 1.56 bits per heavy atom. The third kappa shape index (κ3) is 2.81. The average molecular weight is 221 g/mol. The standard InChI is InChI=1S/C13H16FNO/c1-9-7-12(9)13(16)15-6-5-10-3-2-4-11(14)8-10/h2-4,8-9,12H,5-7H2,1H3,(H,15,16). The summed E-state index contributed by atoms with van der Waals surface area (Å²) >= 11 is 0. The number of hydrogen-bond acceptors (Lipinski definition) is 1. The third-order valence-electron chi connectivity index (χ3n) is 3.05. The van der Waals surface area contributed by atoms with Crippen LogP contribution in [-0.2, 0) is 11.2 Å². The Morgan fingerprint density at radius 3 is 2.94 bits per heavy atom. The van der Waals surface area contributed by atoms with E-state index in [1.807, 2.05) is 6.07 Å². The second-order valence-electron chi connectivity index (χ2n) is 4.49. The topological polar surface area (TPSA) is 29.1 Å². The molecule has 0 aliphatic heterocycles. The van der Waals surface area contributed by atoms with Crippen LogP contribution in [0.3, 0.4) is 0 Å². The van der Waals surface area contributed by atoms with Gasteiger partial charge in [-0.1, -0.05) is 19.1 Å². The van der Waals surface area contributed by atoms with Gasteiger partial charge in [-0.2, -0.15) is 0 Å². The van der Waals surface area contributed by atoms with Crippen molar-refractivity contribution in [1.29, 1.82) is 0 Å². The minimum Gasteiger partial charge on any atom is -0.356 e. The van der Waals surface area contributed by atoms with Gasteiger partial charge < -0.3 is 5.32 Å². The molecule has 0 bridgehead atoms. The van der Waals surface area contributed by atoms with Crippen LogP contribution < -0.4 is 5.32 Å². The molecule has 1 aromatic rings. The van der Waals surface area contributed by atoms with Gasteiger partial charge in [-0.05, 0) is 36.5 Å². The Labute approximate surface area is 94.9 Å². The molecule has 1 amide bonds. The Kier molecular flexibility index (Phi) is 3.22. The van der Waals surface area contributed by atoms with E-state index in [0.717, 1.165) is 12.0 Å². The summed E-state index contributed by atoms with van der Waals surface area (Å²) in [6.45, 7) is 2.67. The van der Waals surface area contributed by atoms with Crippen LogP contribution in [0.2, 0.25) is 0 Å². The van der Waals surface area contributed by atoms with Crippen molar-refractivity contribution >= 4 is 5.91 Å². The van der Waals surface area contributed by atoms with E-state index in [-0.39, 0.29) is 17.6 Å². The highest BCUT2D eigenvalue weighted by molar-refractivity contribution is 5.81. The summed E-state index contributed by atoms with van der Waals surface area (Å²) in [6, 6.07) is 6.49. The van der Waals surface area contributed by atoms with Crippen molar-refractivity contribution in [1.82, 2.24) is 5.32 Å². The van der Waals surface area contributed by atoms with Gasteiger partial charge in [-0.3, -0.25) is 4.79 Å². The zero-order valence-electron chi connectivity index (χ0n) is 9.37. The lowest BCUT2D eigenvalue weighted by Crippen LogP contribution is -2.27. The number of hydrogen-bond donors (Lipinski definition) is 1. The van der Waals surface area contributed by atoms with E-state index in [9.17, 15) is 9.18 Å². The molecule has 2 nitrogen and oxygen atoms in total. The SMILES string of the molecule is CC1CC1C(=O)NCCc1cccc(F)c1. The largest absolute Gasteiger partial charge is 0.356 e. The molecule has 0 heterocycles. The van der Waals surface area contributed by atoms with Crippen molar-refractivity contribution in [3.05, 3.63) is 35.6 Å². The van der Waals surface area contributed by atoms with Crippen molar-refractivity contribution in [2.75, 3.05) is 6.54 Å². The highest BCUT2D eigenvalue weighted by Crippen LogP contribution is 2.37. The van der Waals surface area contributed by atoms with Gasteiger partial charge in [0.2, 0.25) is 5.91 Å². The normalized spacial score (nSPS) is 22.9. The maximum atomic E-state index is 12.9. The van der Waals surface area contributed by atoms with E-state index in [0.29, 0.717) is 18.9 Å². The van der Waals surface area contributed by atoms with E-state index in [4.69, 9.17) is 0 Å². The van der Waals surface area contributed by atoms with Crippen molar-refractivity contribution < 1.29 is 9.18 Å². The highest BCUT2D eigenvalue weighted by atomic mass is 19.1. The van der Waals surface area contributed by atoms with Gasteiger partial charge >= 0.3 is 0 Å². The molecular formula is C13H16FNO. The number of amides is 1. The Morgan fingerprint density at radius 2 is 2.31 bits per heavy atom. The van der Waals surface area contributed by atoms with Gasteiger partial charge in [0, 0.05) is 12.5 Å². The monoisotopic (exact) mass is 221 g/mol. The van der Waals surface area contributed by atoms with Crippen LogP contribution in [0, 0.1) is 17.7 Å². The first-order chi connectivity index (χ1) is 7.66. The Bertz CT molecular complexity index is 391. The molecule has 0 radical (unpaired) electrons. The third-order valence-corrected chi connectivity index (χ3v) is 3.05. The summed E-state index contributed by atoms with van der Waals surface area (Å²) in [5.41, 5.74) is 0.921. The summed E-state index contributed by atoms with van der Waals surface area (Å²) in [5.74, 6) is 0.672. The highest BCUT2D eigenvalue weighted by Gasteiger charge is 2.38. The predicted molar refractivity (Wildman–Crippen MR) is 60.4 cm³/mol. The minimum atomic E-state index is -0.223. The molecule has 0 spiro atoms. The lowest BCUT2D eigenvalue weighted by Gasteiger charge is -2.04. The fourth-order valence-corrected chi connectivity index (χ4v) is 1.84. The lowest BCUT2D eigenvalue weighted by atomic mass is 10.1. The first-order valence-corrected chi connectivity index (χ1v) is 5.69. The van der Waals surface area contributed by atoms with E-state index in [1.165, 1.54) is 12.1 Å². The van der Waals surface area contributed by atoms with Crippen LogP contribution in [-0.4, -0.2) is 12.5 Å². The van der Waals surface area contributed by atoms with Crippen molar-refractivity contribution in [3.8, 4) is 0 Å². The number of halogens is 1. The van der Waals surface area contributed by atoms with E-state index in [2.05, 4.69) is 12.2 Å². The fourth-order valence-electron chi connectivity index (χ4n) is 1.84. The molecule has 16 heavy (non-hydrogen) atoms. The molecule has 1 fully saturated rings. The first kappa shape index (κ1) is 11.1. The van der Waals surface area contributed by atoms with E-state index < -0.39 is 0 Å². The number of benzene rings is 1. The van der Waals surface area contributed by atoms with Gasteiger partial charge in [0.05, 0.1) is 0 Å². The lowest BCUT2D eigenvalue weighted by molar-refractivity contribution is -0.122. The molecule has 0 saturated heterocycles. The van der Waals surface area contributed by atoms with Crippen LogP contribution in [0.15, 0.2) is 24.3 Å². The van der Waals surface area contributed by atoms with E-state index in [1.54, 1.807) is 6.07 Å². The predicted octanol–water partition coefficient (Wildman–Crippen LogP) is 2.14. The quantitative estimate of drug-likeness (QED) is 0.829. The van der Waals surface area contributed by atoms with E-state index >= 15 is 0 Å². The molecule has 1 aromatic carbocycles. The molecule has 1 aliphatic carbocycles. The molecule has 2 unspecified atom stereocenters. The number of rotatable bonds is 4. The summed E-state index contributed by atoms with van der Waals surface area (Å²) in [4.78, 5) is 11.5. The van der Waals surface area contributed by atoms with Crippen LogP contribution >= 0.6 is 0 Å². The second kappa shape index (κ2) is 4.64. The molecule has 3 heteroatoms. The fraction of sp³-hybridized carbons (Fsp3) is 0.462. The molecule has 1 N–H and O–H groups in total. The van der Waals surface area contributed by atoms with Gasteiger partial charge in [-0.15, -0.1) is 0 Å². The number of nitrogens with one attached hydrogen (secondary N) is 1. The van der Waals surface area contributed by atoms with Crippen LogP contribution in [0.5, 0.6) is 0 Å². The van der Waals surface area contributed by atoms with Crippen LogP contribution in [0.4, 0.5) is 4.39 Å². The molecule has 86 valence electrons. The average Bonchev–Trinajstić information content (AvgIpc) is 2.96. The minimum absolute atomic E-state index is 0.143. The van der Waals surface area contributed by atoms with Gasteiger partial charge in [0.15, 0.2) is 0 Å². The molecule has 1 aliphatic rings. The van der Waals surface area contributed by atoms with Gasteiger partial charge in [0.1, 0.15) is 5.82 Å². The maximum Gasteiger partial charge on any atom is 0.223 e. The summed E-state index contributed by atoms with van der Waals surface area (Å²) in [5, 5.41) is 2.88. The zero-order chi connectivity index (χ0) is 11.5. The Hall–Kier alpha value is -1.38. The van der Waals surface area contributed by atoms with Crippen molar-refractivity contribution in [2.24, 2.45) is 11.8 Å². The Balaban J connectivity index is 1.74. The van der Waals surface area contributed by atoms with Crippen LogP contribution in [0.25, 0.3) is 0 Å². The second-order valence-corrected chi connectivity index (χ2v) is 4.49. The van der Waals surface area contributed by atoms with Gasteiger partial charge in [0.25, 0.3) is 0 Å². The number of carbonyl (C=O) groups is 1. The number of carbonyl (C=O) groups excluding carboxylic acids is 1. The van der Waals surface area contributed by atoms with Crippen molar-refractivity contribution in [2.45, 2.75) is 19.8 Å². The van der Waals surface area contributed by atoms with Crippen molar-refractivity contribution in [3.63, 3.8) is 0 Å². The molecule has 2 rings (SSSR count).